The molecule has 0 aromatic rings. The molecule has 0 spiro atoms. The summed E-state index contributed by atoms with van der Waals surface area (Å²) in [5.41, 5.74) is -0.859. The molecule has 0 aromatic heterocycles. The Morgan fingerprint density at radius 3 is 2.62 bits per heavy atom. The lowest BCUT2D eigenvalue weighted by Gasteiger charge is -2.40. The molecule has 2 aliphatic rings. The van der Waals surface area contributed by atoms with Gasteiger partial charge in [0.15, 0.2) is 0 Å². The van der Waals surface area contributed by atoms with Crippen LogP contribution < -0.4 is 5.32 Å². The number of aliphatic carboxylic acids is 1. The number of carboxylic acids is 1. The van der Waals surface area contributed by atoms with E-state index in [1.807, 2.05) is 0 Å². The van der Waals surface area contributed by atoms with E-state index < -0.39 is 11.4 Å². The molecule has 1 saturated carbocycles. The van der Waals surface area contributed by atoms with Crippen molar-refractivity contribution < 1.29 is 24.2 Å². The second-order valence-corrected chi connectivity index (χ2v) is 5.89. The Morgan fingerprint density at radius 1 is 1.38 bits per heavy atom. The van der Waals surface area contributed by atoms with E-state index in [0.717, 1.165) is 6.42 Å². The van der Waals surface area contributed by atoms with E-state index in [4.69, 9.17) is 4.74 Å². The van der Waals surface area contributed by atoms with Gasteiger partial charge in [-0.1, -0.05) is 6.42 Å². The lowest BCUT2D eigenvalue weighted by atomic mass is 9.66. The Kier molecular flexibility index (Phi) is 4.82. The van der Waals surface area contributed by atoms with Gasteiger partial charge < -0.3 is 20.1 Å². The highest BCUT2D eigenvalue weighted by atomic mass is 16.5. The van der Waals surface area contributed by atoms with Gasteiger partial charge in [-0.3, -0.25) is 14.4 Å². The number of rotatable bonds is 5. The van der Waals surface area contributed by atoms with E-state index in [-0.39, 0.29) is 24.3 Å². The highest BCUT2D eigenvalue weighted by molar-refractivity contribution is 5.85. The average Bonchev–Trinajstić information content (AvgIpc) is 2.40. The molecule has 1 saturated heterocycles. The van der Waals surface area contributed by atoms with Crippen LogP contribution in [0.3, 0.4) is 0 Å². The lowest BCUT2D eigenvalue weighted by molar-refractivity contribution is -0.161. The zero-order valence-electron chi connectivity index (χ0n) is 12.3. The molecule has 1 aliphatic carbocycles. The monoisotopic (exact) mass is 298 g/mol. The van der Waals surface area contributed by atoms with Gasteiger partial charge in [0.25, 0.3) is 0 Å². The summed E-state index contributed by atoms with van der Waals surface area (Å²) in [6.07, 6.45) is 1.86. The number of carbonyl (C=O) groups is 3. The molecule has 1 heterocycles. The number of carboxylic acid groups (broad SMARTS) is 1. The van der Waals surface area contributed by atoms with Crippen molar-refractivity contribution in [3.63, 3.8) is 0 Å². The Morgan fingerprint density at radius 2 is 2.10 bits per heavy atom. The largest absolute Gasteiger partial charge is 0.481 e. The Hall–Kier alpha value is -1.63. The van der Waals surface area contributed by atoms with Crippen molar-refractivity contribution in [3.05, 3.63) is 0 Å². The van der Waals surface area contributed by atoms with Gasteiger partial charge in [-0.05, 0) is 12.8 Å². The minimum absolute atomic E-state index is 0.0647. The number of hydrogen-bond donors (Lipinski definition) is 2. The predicted molar refractivity (Wildman–Crippen MR) is 73.5 cm³/mol. The third-order valence-electron chi connectivity index (χ3n) is 4.32. The minimum Gasteiger partial charge on any atom is -0.481 e. The summed E-state index contributed by atoms with van der Waals surface area (Å²) in [5.74, 6) is -1.14. The summed E-state index contributed by atoms with van der Waals surface area (Å²) in [4.78, 5) is 36.2. The molecular weight excluding hydrogens is 276 g/mol. The highest BCUT2D eigenvalue weighted by Gasteiger charge is 2.46. The highest BCUT2D eigenvalue weighted by Crippen LogP contribution is 2.44. The van der Waals surface area contributed by atoms with Crippen LogP contribution in [-0.2, 0) is 19.1 Å². The van der Waals surface area contributed by atoms with Gasteiger partial charge in [-0.2, -0.15) is 0 Å². The normalized spacial score (nSPS) is 24.0. The standard InChI is InChI=1S/C14H22N2O5/c1-10(17)15-8-11-9-16(5-6-21-11)12(18)7-14(13(19)20)3-2-4-14/h11H,2-9H2,1H3,(H,15,17)(H,19,20). The third-order valence-corrected chi connectivity index (χ3v) is 4.32. The van der Waals surface area contributed by atoms with Crippen LogP contribution in [0.25, 0.3) is 0 Å². The second-order valence-electron chi connectivity index (χ2n) is 5.89. The predicted octanol–water partition coefficient (Wildman–Crippen LogP) is -0.00510. The van der Waals surface area contributed by atoms with Crippen molar-refractivity contribution >= 4 is 17.8 Å². The molecule has 0 radical (unpaired) electrons. The molecule has 1 unspecified atom stereocenters. The Balaban J connectivity index is 1.87. The topological polar surface area (TPSA) is 95.9 Å². The number of amides is 2. The van der Waals surface area contributed by atoms with Gasteiger partial charge in [0.1, 0.15) is 0 Å². The Bertz CT molecular complexity index is 433. The third kappa shape index (κ3) is 3.72. The molecule has 7 heteroatoms. The van der Waals surface area contributed by atoms with Crippen LogP contribution in [0, 0.1) is 5.41 Å². The van der Waals surface area contributed by atoms with E-state index >= 15 is 0 Å². The van der Waals surface area contributed by atoms with Crippen LogP contribution in [0.1, 0.15) is 32.6 Å². The molecular formula is C14H22N2O5. The number of nitrogens with zero attached hydrogens (tertiary/aromatic N) is 1. The first-order chi connectivity index (χ1) is 9.93. The summed E-state index contributed by atoms with van der Waals surface area (Å²) in [6, 6.07) is 0. The fraction of sp³-hybridized carbons (Fsp3) is 0.786. The molecule has 2 rings (SSSR count). The van der Waals surface area contributed by atoms with Gasteiger partial charge in [0, 0.05) is 33.0 Å². The summed E-state index contributed by atoms with van der Waals surface area (Å²) >= 11 is 0. The lowest BCUT2D eigenvalue weighted by Crippen LogP contribution is -2.51. The number of carbonyl (C=O) groups excluding carboxylic acids is 2. The minimum atomic E-state index is -0.870. The zero-order valence-corrected chi connectivity index (χ0v) is 12.3. The summed E-state index contributed by atoms with van der Waals surface area (Å²) in [7, 11) is 0. The van der Waals surface area contributed by atoms with Crippen LogP contribution in [0.5, 0.6) is 0 Å². The molecule has 2 amide bonds. The molecule has 1 atom stereocenters. The van der Waals surface area contributed by atoms with Crippen LogP contribution in [-0.4, -0.2) is 60.1 Å². The first kappa shape index (κ1) is 15.8. The smallest absolute Gasteiger partial charge is 0.310 e. The quantitative estimate of drug-likeness (QED) is 0.744. The molecule has 2 fully saturated rings. The molecule has 0 aromatic carbocycles. The molecule has 21 heavy (non-hydrogen) atoms. The van der Waals surface area contributed by atoms with Crippen molar-refractivity contribution in [2.24, 2.45) is 5.41 Å². The van der Waals surface area contributed by atoms with E-state index in [9.17, 15) is 19.5 Å². The van der Waals surface area contributed by atoms with Crippen LogP contribution >= 0.6 is 0 Å². The van der Waals surface area contributed by atoms with Crippen molar-refractivity contribution in [1.29, 1.82) is 0 Å². The van der Waals surface area contributed by atoms with E-state index in [1.54, 1.807) is 4.90 Å². The summed E-state index contributed by atoms with van der Waals surface area (Å²) < 4.78 is 5.50. The van der Waals surface area contributed by atoms with Gasteiger partial charge in [0.05, 0.1) is 18.1 Å². The van der Waals surface area contributed by atoms with Crippen molar-refractivity contribution in [1.82, 2.24) is 10.2 Å². The van der Waals surface area contributed by atoms with E-state index in [2.05, 4.69) is 5.32 Å². The van der Waals surface area contributed by atoms with Gasteiger partial charge in [0.2, 0.25) is 11.8 Å². The van der Waals surface area contributed by atoms with E-state index in [1.165, 1.54) is 6.92 Å². The SMILES string of the molecule is CC(=O)NCC1CN(C(=O)CC2(C(=O)O)CCC2)CCO1. The first-order valence-electron chi connectivity index (χ1n) is 7.30. The fourth-order valence-corrected chi connectivity index (χ4v) is 2.80. The van der Waals surface area contributed by atoms with Crippen molar-refractivity contribution in [2.45, 2.75) is 38.7 Å². The maximum absolute atomic E-state index is 12.3. The number of ether oxygens (including phenoxy) is 1. The zero-order chi connectivity index (χ0) is 15.5. The average molecular weight is 298 g/mol. The molecule has 0 bridgehead atoms. The van der Waals surface area contributed by atoms with Crippen LogP contribution in [0.15, 0.2) is 0 Å². The van der Waals surface area contributed by atoms with E-state index in [0.29, 0.717) is 39.1 Å². The molecule has 7 nitrogen and oxygen atoms in total. The molecule has 1 aliphatic heterocycles. The maximum Gasteiger partial charge on any atom is 0.310 e. The Labute approximate surface area is 123 Å². The number of nitrogens with one attached hydrogen (secondary N) is 1. The summed E-state index contributed by atoms with van der Waals surface area (Å²) in [5, 5.41) is 12.0. The second kappa shape index (κ2) is 6.43. The summed E-state index contributed by atoms with van der Waals surface area (Å²) in [6.45, 7) is 3.08. The number of morpholine rings is 1. The first-order valence-corrected chi connectivity index (χ1v) is 7.30. The van der Waals surface area contributed by atoms with Crippen LogP contribution in [0.2, 0.25) is 0 Å². The van der Waals surface area contributed by atoms with Crippen molar-refractivity contribution in [3.8, 4) is 0 Å². The van der Waals surface area contributed by atoms with Crippen molar-refractivity contribution in [2.75, 3.05) is 26.2 Å². The van der Waals surface area contributed by atoms with Gasteiger partial charge in [-0.15, -0.1) is 0 Å². The molecule has 118 valence electrons. The van der Waals surface area contributed by atoms with Gasteiger partial charge in [-0.25, -0.2) is 0 Å². The van der Waals surface area contributed by atoms with Gasteiger partial charge >= 0.3 is 5.97 Å². The fourth-order valence-electron chi connectivity index (χ4n) is 2.80. The number of hydrogen-bond acceptors (Lipinski definition) is 4. The van der Waals surface area contributed by atoms with Crippen LogP contribution in [0.4, 0.5) is 0 Å². The maximum atomic E-state index is 12.3. The molecule has 2 N–H and O–H groups in total.